The lowest BCUT2D eigenvalue weighted by Crippen LogP contribution is -2.11. The van der Waals surface area contributed by atoms with Gasteiger partial charge in [-0.3, -0.25) is 9.08 Å². The third kappa shape index (κ3) is 25.0. The Bertz CT molecular complexity index is 269. The summed E-state index contributed by atoms with van der Waals surface area (Å²) in [4.78, 5) is 18.6. The molecule has 0 fully saturated rings. The number of amides is 1. The quantitative estimate of drug-likeness (QED) is 0.462. The molecule has 0 aromatic carbocycles. The molecule has 0 aliphatic carbocycles. The van der Waals surface area contributed by atoms with Crippen LogP contribution in [0.2, 0.25) is 0 Å². The van der Waals surface area contributed by atoms with Crippen LogP contribution in [0, 0.1) is 11.8 Å². The average Bonchev–Trinajstić information content (AvgIpc) is 2.72. The minimum atomic E-state index is 0. The van der Waals surface area contributed by atoms with E-state index in [0.29, 0.717) is 5.82 Å². The SMILES string of the molecule is C.CNC(C)=O.CSON=O.Cc1nn[nH]n1. The van der Waals surface area contributed by atoms with Gasteiger partial charge in [-0.05, 0) is 6.92 Å². The number of carbonyl (C=O) groups excluding carboxylic acids is 1. The topological polar surface area (TPSA) is 122 Å². The fourth-order valence-corrected chi connectivity index (χ4v) is 0.303. The van der Waals surface area contributed by atoms with Gasteiger partial charge in [-0.25, -0.2) is 0 Å². The largest absolute Gasteiger partial charge is 0.359 e. The molecule has 17 heavy (non-hydrogen) atoms. The summed E-state index contributed by atoms with van der Waals surface area (Å²) in [5.41, 5.74) is 0. The van der Waals surface area contributed by atoms with Crippen molar-refractivity contribution < 1.29 is 9.08 Å². The Kier molecular flexibility index (Phi) is 20.3. The molecule has 0 saturated heterocycles. The third-order valence-corrected chi connectivity index (χ3v) is 1.12. The number of hydrogen-bond donors (Lipinski definition) is 2. The Labute approximate surface area is 104 Å². The zero-order valence-electron chi connectivity index (χ0n) is 9.42. The molecule has 1 aromatic rings. The van der Waals surface area contributed by atoms with Gasteiger partial charge in [0, 0.05) is 20.2 Å². The Morgan fingerprint density at radius 2 is 2.12 bits per heavy atom. The summed E-state index contributed by atoms with van der Waals surface area (Å²) >= 11 is 0.922. The van der Waals surface area contributed by atoms with Crippen molar-refractivity contribution in [3.63, 3.8) is 0 Å². The van der Waals surface area contributed by atoms with Crippen molar-refractivity contribution >= 4 is 17.9 Å². The molecular weight excluding hydrogens is 248 g/mol. The van der Waals surface area contributed by atoms with E-state index in [1.165, 1.54) is 6.92 Å². The molecule has 1 heterocycles. The molecule has 0 aliphatic rings. The maximum Gasteiger partial charge on any atom is 0.216 e. The number of aryl methyl sites for hydroxylation is 1. The maximum absolute atomic E-state index is 9.70. The maximum atomic E-state index is 9.70. The first-order chi connectivity index (χ1) is 7.58. The van der Waals surface area contributed by atoms with Crippen LogP contribution in [0.3, 0.4) is 0 Å². The first-order valence-corrected chi connectivity index (χ1v) is 5.14. The van der Waals surface area contributed by atoms with Crippen molar-refractivity contribution in [3.8, 4) is 0 Å². The van der Waals surface area contributed by atoms with Crippen LogP contribution in [0.25, 0.3) is 0 Å². The summed E-state index contributed by atoms with van der Waals surface area (Å²) in [6, 6.07) is 0. The second-order valence-corrected chi connectivity index (χ2v) is 2.56. The number of carbonyl (C=O) groups is 1. The number of nitrogens with one attached hydrogen (secondary N) is 2. The zero-order chi connectivity index (χ0) is 12.8. The lowest BCUT2D eigenvalue weighted by Gasteiger charge is -1.80. The van der Waals surface area contributed by atoms with Crippen LogP contribution in [0.15, 0.2) is 5.34 Å². The Hall–Kier alpha value is -1.71. The number of nitrogens with zero attached hydrogens (tertiary/aromatic N) is 4. The molecule has 0 bridgehead atoms. The van der Waals surface area contributed by atoms with Crippen molar-refractivity contribution in [3.05, 3.63) is 10.7 Å². The van der Waals surface area contributed by atoms with E-state index in [4.69, 9.17) is 4.91 Å². The Morgan fingerprint density at radius 1 is 1.59 bits per heavy atom. The zero-order valence-corrected chi connectivity index (χ0v) is 10.2. The smallest absolute Gasteiger partial charge is 0.216 e. The Morgan fingerprint density at radius 3 is 2.18 bits per heavy atom. The molecule has 100 valence electrons. The molecule has 0 aliphatic heterocycles. The summed E-state index contributed by atoms with van der Waals surface area (Å²) in [6.07, 6.45) is 1.61. The van der Waals surface area contributed by atoms with Gasteiger partial charge in [0.15, 0.2) is 11.2 Å². The molecule has 0 spiro atoms. The van der Waals surface area contributed by atoms with Crippen LogP contribution in [0.4, 0.5) is 0 Å². The average molecular weight is 266 g/mol. The molecule has 0 radical (unpaired) electrons. The lowest BCUT2D eigenvalue weighted by atomic mass is 10.7. The van der Waals surface area contributed by atoms with Crippen LogP contribution in [0.1, 0.15) is 20.2 Å². The van der Waals surface area contributed by atoms with E-state index in [2.05, 4.69) is 35.6 Å². The van der Waals surface area contributed by atoms with Gasteiger partial charge in [0.05, 0.1) is 12.0 Å². The van der Waals surface area contributed by atoms with Crippen molar-refractivity contribution in [2.45, 2.75) is 21.3 Å². The summed E-state index contributed by atoms with van der Waals surface area (Å²) in [7, 11) is 1.60. The number of aromatic amines is 1. The molecule has 2 N–H and O–H groups in total. The van der Waals surface area contributed by atoms with Crippen LogP contribution in [0.5, 0.6) is 0 Å². The van der Waals surface area contributed by atoms with E-state index in [9.17, 15) is 4.79 Å². The Balaban J connectivity index is -0.000000170. The van der Waals surface area contributed by atoms with Crippen LogP contribution >= 0.6 is 12.0 Å². The molecule has 10 heteroatoms. The molecule has 1 aromatic heterocycles. The van der Waals surface area contributed by atoms with Gasteiger partial charge >= 0.3 is 0 Å². The predicted molar refractivity (Wildman–Crippen MR) is 65.8 cm³/mol. The standard InChI is InChI=1S/C3H7NO.C2H4N4.CH3NO2S.CH4/c1-3(5)4-2;1-2-3-5-6-4-2;1-5-4-2-3;/h1-2H3,(H,4,5);1H3,(H,3,4,5,6);1H3;1H4. The first-order valence-electron chi connectivity index (χ1n) is 3.99. The predicted octanol–water partition coefficient (Wildman–Crippen LogP) is 0.859. The van der Waals surface area contributed by atoms with Gasteiger partial charge in [0.2, 0.25) is 5.91 Å². The molecule has 0 unspecified atom stereocenters. The molecule has 1 amide bonds. The monoisotopic (exact) mass is 266 g/mol. The van der Waals surface area contributed by atoms with Gasteiger partial charge in [0.1, 0.15) is 0 Å². The fourth-order valence-electron chi connectivity index (χ4n) is 0.242. The molecule has 0 atom stereocenters. The third-order valence-electron chi connectivity index (χ3n) is 0.908. The van der Waals surface area contributed by atoms with E-state index >= 15 is 0 Å². The van der Waals surface area contributed by atoms with E-state index < -0.39 is 0 Å². The highest BCUT2D eigenvalue weighted by molar-refractivity contribution is 7.93. The highest BCUT2D eigenvalue weighted by Crippen LogP contribution is 1.90. The van der Waals surface area contributed by atoms with Crippen molar-refractivity contribution in [2.24, 2.45) is 5.34 Å². The van der Waals surface area contributed by atoms with E-state index in [1.54, 1.807) is 20.2 Å². The van der Waals surface area contributed by atoms with Crippen LogP contribution in [-0.2, 0) is 9.08 Å². The molecule has 9 nitrogen and oxygen atoms in total. The normalized spacial score (nSPS) is 7.06. The van der Waals surface area contributed by atoms with Gasteiger partial charge < -0.3 is 5.32 Å². The number of tetrazole rings is 1. The summed E-state index contributed by atoms with van der Waals surface area (Å²) in [6.45, 7) is 3.24. The van der Waals surface area contributed by atoms with Gasteiger partial charge in [-0.1, -0.05) is 12.6 Å². The second kappa shape index (κ2) is 16.7. The van der Waals surface area contributed by atoms with E-state index in [1.807, 2.05) is 0 Å². The van der Waals surface area contributed by atoms with Gasteiger partial charge in [0.25, 0.3) is 0 Å². The van der Waals surface area contributed by atoms with Crippen molar-refractivity contribution in [1.82, 2.24) is 25.9 Å². The molecule has 1 rings (SSSR count). The fraction of sp³-hybridized carbons (Fsp3) is 0.714. The minimum absolute atomic E-state index is 0. The number of aromatic nitrogens is 4. The minimum Gasteiger partial charge on any atom is -0.359 e. The number of H-pyrrole nitrogens is 1. The lowest BCUT2D eigenvalue weighted by molar-refractivity contribution is -0.118. The van der Waals surface area contributed by atoms with Crippen LogP contribution < -0.4 is 5.32 Å². The van der Waals surface area contributed by atoms with Crippen LogP contribution in [-0.4, -0.2) is 39.8 Å². The number of hydrogen-bond acceptors (Lipinski definition) is 8. The van der Waals surface area contributed by atoms with Crippen molar-refractivity contribution in [2.75, 3.05) is 13.3 Å². The first kappa shape index (κ1) is 20.7. The molecule has 0 saturated carbocycles. The summed E-state index contributed by atoms with van der Waals surface area (Å²) < 4.78 is 3.82. The van der Waals surface area contributed by atoms with E-state index in [-0.39, 0.29) is 13.3 Å². The van der Waals surface area contributed by atoms with Crippen molar-refractivity contribution in [1.29, 1.82) is 0 Å². The summed E-state index contributed by atoms with van der Waals surface area (Å²) in [5, 5.41) is 17.2. The van der Waals surface area contributed by atoms with Gasteiger partial charge in [-0.2, -0.15) is 5.21 Å². The second-order valence-electron chi connectivity index (χ2n) is 2.08. The summed E-state index contributed by atoms with van der Waals surface area (Å²) in [5.74, 6) is 0.681. The number of rotatable bonds is 2. The highest BCUT2D eigenvalue weighted by atomic mass is 32.2. The van der Waals surface area contributed by atoms with E-state index in [0.717, 1.165) is 12.0 Å². The molecular formula is C7H18N6O3S. The highest BCUT2D eigenvalue weighted by Gasteiger charge is 1.78. The van der Waals surface area contributed by atoms with Gasteiger partial charge in [-0.15, -0.1) is 15.1 Å².